The highest BCUT2D eigenvalue weighted by Gasteiger charge is 2.31. The Hall–Kier alpha value is -3.02. The molecular weight excluding hydrogens is 316 g/mol. The van der Waals surface area contributed by atoms with Crippen LogP contribution >= 0.6 is 0 Å². The van der Waals surface area contributed by atoms with E-state index in [1.165, 1.54) is 0 Å². The van der Waals surface area contributed by atoms with E-state index in [2.05, 4.69) is 0 Å². The van der Waals surface area contributed by atoms with Crippen LogP contribution in [-0.4, -0.2) is 12.2 Å². The van der Waals surface area contributed by atoms with Gasteiger partial charge in [-0.2, -0.15) is 10.5 Å². The Labute approximate surface area is 147 Å². The smallest absolute Gasteiger partial charge is 0.169 e. The summed E-state index contributed by atoms with van der Waals surface area (Å²) in [6.45, 7) is 6.45. The summed E-state index contributed by atoms with van der Waals surface area (Å²) in [5.74, 6) is 1.69. The fourth-order valence-corrected chi connectivity index (χ4v) is 2.70. The van der Waals surface area contributed by atoms with Crippen molar-refractivity contribution in [1.82, 2.24) is 0 Å². The zero-order valence-corrected chi connectivity index (χ0v) is 14.4. The van der Waals surface area contributed by atoms with Crippen LogP contribution in [0.1, 0.15) is 43.6 Å². The highest BCUT2D eigenvalue weighted by molar-refractivity contribution is 5.54. The molecule has 2 aromatic carbocycles. The molecule has 126 valence electrons. The van der Waals surface area contributed by atoms with Crippen LogP contribution < -0.4 is 9.47 Å². The van der Waals surface area contributed by atoms with E-state index >= 15 is 0 Å². The Morgan fingerprint density at radius 2 is 1.84 bits per heavy atom. The van der Waals surface area contributed by atoms with Crippen molar-refractivity contribution in [2.75, 3.05) is 6.61 Å². The normalized spacial score (nSPS) is 15.6. The largest absolute Gasteiger partial charge is 0.486 e. The van der Waals surface area contributed by atoms with Gasteiger partial charge in [0.1, 0.15) is 30.6 Å². The maximum Gasteiger partial charge on any atom is 0.169 e. The number of fused-ring (bicyclic) bond motifs is 1. The fourth-order valence-electron chi connectivity index (χ4n) is 2.70. The molecular formula is C20H18N2O3. The van der Waals surface area contributed by atoms with Gasteiger partial charge in [0.15, 0.2) is 11.5 Å². The van der Waals surface area contributed by atoms with Crippen molar-refractivity contribution < 1.29 is 14.2 Å². The molecule has 0 unspecified atom stereocenters. The standard InChI is InChI=1S/C20H18N2O3/c1-20(2,3)25-18-12-23-19-16(18)5-4-6-17(19)24-15-8-7-13(10-21)14(9-15)11-22/h4-9,18H,12H2,1-3H3/t18-/m1/s1. The highest BCUT2D eigenvalue weighted by Crippen LogP contribution is 2.44. The van der Waals surface area contributed by atoms with E-state index in [9.17, 15) is 0 Å². The Kier molecular flexibility index (Phi) is 4.35. The Bertz CT molecular complexity index is 885. The second kappa shape index (κ2) is 6.47. The van der Waals surface area contributed by atoms with Gasteiger partial charge in [-0.1, -0.05) is 12.1 Å². The molecule has 3 rings (SSSR count). The molecule has 5 nitrogen and oxygen atoms in total. The molecule has 2 aromatic rings. The van der Waals surface area contributed by atoms with Gasteiger partial charge in [0.25, 0.3) is 0 Å². The molecule has 0 saturated carbocycles. The first-order chi connectivity index (χ1) is 11.9. The zero-order chi connectivity index (χ0) is 18.0. The van der Waals surface area contributed by atoms with Crippen LogP contribution in [0.5, 0.6) is 17.2 Å². The van der Waals surface area contributed by atoms with Gasteiger partial charge >= 0.3 is 0 Å². The fraction of sp³-hybridized carbons (Fsp3) is 0.300. The molecule has 1 aliphatic rings. The summed E-state index contributed by atoms with van der Waals surface area (Å²) in [5.41, 5.74) is 1.27. The van der Waals surface area contributed by atoms with Crippen molar-refractivity contribution in [2.24, 2.45) is 0 Å². The SMILES string of the molecule is CC(C)(C)O[C@@H]1COc2c(Oc3ccc(C#N)c(C#N)c3)cccc21. The number of rotatable bonds is 3. The van der Waals surface area contributed by atoms with Crippen molar-refractivity contribution in [3.05, 3.63) is 53.1 Å². The minimum absolute atomic E-state index is 0.144. The Morgan fingerprint density at radius 1 is 1.08 bits per heavy atom. The van der Waals surface area contributed by atoms with E-state index in [1.54, 1.807) is 18.2 Å². The van der Waals surface area contributed by atoms with Crippen molar-refractivity contribution in [2.45, 2.75) is 32.5 Å². The molecule has 1 atom stereocenters. The maximum absolute atomic E-state index is 9.14. The topological polar surface area (TPSA) is 75.3 Å². The minimum atomic E-state index is -0.276. The lowest BCUT2D eigenvalue weighted by atomic mass is 10.1. The van der Waals surface area contributed by atoms with E-state index in [1.807, 2.05) is 51.1 Å². The quantitative estimate of drug-likeness (QED) is 0.827. The third kappa shape index (κ3) is 3.57. The second-order valence-corrected chi connectivity index (χ2v) is 6.74. The molecule has 0 saturated heterocycles. The summed E-state index contributed by atoms with van der Waals surface area (Å²) in [6, 6.07) is 14.4. The summed E-state index contributed by atoms with van der Waals surface area (Å²) in [4.78, 5) is 0. The third-order valence-electron chi connectivity index (χ3n) is 3.69. The van der Waals surface area contributed by atoms with Crippen LogP contribution in [0.25, 0.3) is 0 Å². The van der Waals surface area contributed by atoms with Gasteiger partial charge in [-0.15, -0.1) is 0 Å². The van der Waals surface area contributed by atoms with Gasteiger partial charge in [0, 0.05) is 5.56 Å². The maximum atomic E-state index is 9.14. The van der Waals surface area contributed by atoms with Gasteiger partial charge in [0.2, 0.25) is 0 Å². The first-order valence-electron chi connectivity index (χ1n) is 7.97. The molecule has 0 amide bonds. The van der Waals surface area contributed by atoms with Gasteiger partial charge in [-0.05, 0) is 45.0 Å². The molecule has 1 heterocycles. The number of hydrogen-bond donors (Lipinski definition) is 0. The molecule has 5 heteroatoms. The Balaban J connectivity index is 1.89. The van der Waals surface area contributed by atoms with E-state index in [0.29, 0.717) is 29.4 Å². The highest BCUT2D eigenvalue weighted by atomic mass is 16.6. The van der Waals surface area contributed by atoms with Crippen molar-refractivity contribution in [1.29, 1.82) is 10.5 Å². The molecule has 0 radical (unpaired) electrons. The first-order valence-corrected chi connectivity index (χ1v) is 7.97. The first kappa shape index (κ1) is 16.8. The predicted octanol–water partition coefficient (Wildman–Crippen LogP) is 4.47. The van der Waals surface area contributed by atoms with E-state index in [4.69, 9.17) is 24.7 Å². The average molecular weight is 334 g/mol. The van der Waals surface area contributed by atoms with Crippen LogP contribution in [0, 0.1) is 22.7 Å². The second-order valence-electron chi connectivity index (χ2n) is 6.74. The molecule has 0 N–H and O–H groups in total. The zero-order valence-electron chi connectivity index (χ0n) is 14.4. The molecule has 0 spiro atoms. The van der Waals surface area contributed by atoms with Crippen LogP contribution in [0.4, 0.5) is 0 Å². The lowest BCUT2D eigenvalue weighted by Gasteiger charge is -2.24. The number of ether oxygens (including phenoxy) is 3. The summed E-state index contributed by atoms with van der Waals surface area (Å²) < 4.78 is 17.7. The van der Waals surface area contributed by atoms with Gasteiger partial charge < -0.3 is 14.2 Å². The van der Waals surface area contributed by atoms with Gasteiger partial charge in [0.05, 0.1) is 16.7 Å². The van der Waals surface area contributed by atoms with Crippen molar-refractivity contribution >= 4 is 0 Å². The monoisotopic (exact) mass is 334 g/mol. The van der Waals surface area contributed by atoms with Crippen LogP contribution in [0.15, 0.2) is 36.4 Å². The van der Waals surface area contributed by atoms with Crippen molar-refractivity contribution in [3.63, 3.8) is 0 Å². The number of para-hydroxylation sites is 1. The molecule has 0 aliphatic carbocycles. The number of hydrogen-bond acceptors (Lipinski definition) is 5. The van der Waals surface area contributed by atoms with Crippen LogP contribution in [0.3, 0.4) is 0 Å². The molecule has 0 aromatic heterocycles. The van der Waals surface area contributed by atoms with E-state index in [-0.39, 0.29) is 17.3 Å². The molecule has 1 aliphatic heterocycles. The minimum Gasteiger partial charge on any atom is -0.486 e. The number of benzene rings is 2. The van der Waals surface area contributed by atoms with Crippen molar-refractivity contribution in [3.8, 4) is 29.4 Å². The van der Waals surface area contributed by atoms with Gasteiger partial charge in [-0.25, -0.2) is 0 Å². The predicted molar refractivity (Wildman–Crippen MR) is 91.5 cm³/mol. The summed E-state index contributed by atoms with van der Waals surface area (Å²) in [6.07, 6.45) is -0.144. The number of nitriles is 2. The van der Waals surface area contributed by atoms with Crippen LogP contribution in [-0.2, 0) is 4.74 Å². The number of nitrogens with zero attached hydrogens (tertiary/aromatic N) is 2. The average Bonchev–Trinajstić information content (AvgIpc) is 2.97. The summed E-state index contributed by atoms with van der Waals surface area (Å²) in [7, 11) is 0. The van der Waals surface area contributed by atoms with E-state index < -0.39 is 0 Å². The molecule has 25 heavy (non-hydrogen) atoms. The lowest BCUT2D eigenvalue weighted by Crippen LogP contribution is -2.23. The third-order valence-corrected chi connectivity index (χ3v) is 3.69. The molecule has 0 fully saturated rings. The summed E-state index contributed by atoms with van der Waals surface area (Å²) >= 11 is 0. The van der Waals surface area contributed by atoms with Gasteiger partial charge in [-0.3, -0.25) is 0 Å². The van der Waals surface area contributed by atoms with E-state index in [0.717, 1.165) is 5.56 Å². The lowest BCUT2D eigenvalue weighted by molar-refractivity contribution is -0.0672. The molecule has 0 bridgehead atoms. The summed E-state index contributed by atoms with van der Waals surface area (Å²) in [5, 5.41) is 18.1. The Morgan fingerprint density at radius 3 is 2.52 bits per heavy atom. The van der Waals surface area contributed by atoms with Crippen LogP contribution in [0.2, 0.25) is 0 Å².